The number of nitrogens with one attached hydrogen (secondary N) is 1. The maximum Gasteiger partial charge on any atom is 0.280 e. The van der Waals surface area contributed by atoms with Crippen molar-refractivity contribution in [2.24, 2.45) is 0 Å². The predicted octanol–water partition coefficient (Wildman–Crippen LogP) is 3.53. The van der Waals surface area contributed by atoms with Crippen LogP contribution in [0.15, 0.2) is 52.9 Å². The van der Waals surface area contributed by atoms with Crippen molar-refractivity contribution < 1.29 is 18.7 Å². The first-order valence-electron chi connectivity index (χ1n) is 10.3. The van der Waals surface area contributed by atoms with Gasteiger partial charge in [0.05, 0.1) is 20.3 Å². The van der Waals surface area contributed by atoms with E-state index in [2.05, 4.69) is 20.6 Å². The lowest BCUT2D eigenvalue weighted by molar-refractivity contribution is 0.102. The molecule has 4 rings (SSSR count). The highest BCUT2D eigenvalue weighted by Crippen LogP contribution is 2.25. The molecular formula is C23H24N6O4. The van der Waals surface area contributed by atoms with Gasteiger partial charge >= 0.3 is 0 Å². The molecule has 2 heterocycles. The molecule has 0 bridgehead atoms. The molecule has 2 aromatic carbocycles. The summed E-state index contributed by atoms with van der Waals surface area (Å²) >= 11 is 0. The Bertz CT molecular complexity index is 1260. The quantitative estimate of drug-likeness (QED) is 0.419. The minimum Gasteiger partial charge on any atom is -0.497 e. The van der Waals surface area contributed by atoms with Gasteiger partial charge in [0.1, 0.15) is 23.0 Å². The first-order chi connectivity index (χ1) is 16.0. The SMILES string of the molecule is CCOc1ccc(-c2nc(Cn3nnc(C(=O)Nc4cccc(OC)c4)c3N)c(C)o2)cc1. The lowest BCUT2D eigenvalue weighted by atomic mass is 10.2. The average molecular weight is 448 g/mol. The normalized spacial score (nSPS) is 10.8. The summed E-state index contributed by atoms with van der Waals surface area (Å²) in [5, 5.41) is 10.7. The zero-order valence-corrected chi connectivity index (χ0v) is 18.5. The fourth-order valence-electron chi connectivity index (χ4n) is 3.19. The van der Waals surface area contributed by atoms with Crippen LogP contribution in [0.1, 0.15) is 28.9 Å². The Morgan fingerprint density at radius 1 is 1.18 bits per heavy atom. The van der Waals surface area contributed by atoms with E-state index in [0.29, 0.717) is 35.4 Å². The molecule has 0 aliphatic rings. The number of carbonyl (C=O) groups is 1. The summed E-state index contributed by atoms with van der Waals surface area (Å²) in [4.78, 5) is 17.2. The number of nitrogens with zero attached hydrogens (tertiary/aromatic N) is 4. The first-order valence-corrected chi connectivity index (χ1v) is 10.3. The number of aromatic nitrogens is 4. The molecule has 0 aliphatic carbocycles. The number of anilines is 2. The Labute approximate surface area is 190 Å². The van der Waals surface area contributed by atoms with E-state index < -0.39 is 5.91 Å². The molecule has 0 atom stereocenters. The standard InChI is InChI=1S/C23H24N6O4/c1-4-32-17-10-8-15(9-11-17)23-26-19(14(2)33-23)13-29-21(24)20(27-28-29)22(30)25-16-6-5-7-18(12-16)31-3/h5-12H,4,13,24H2,1-3H3,(H,25,30). The van der Waals surface area contributed by atoms with Crippen LogP contribution in [-0.2, 0) is 6.54 Å². The van der Waals surface area contributed by atoms with Gasteiger partial charge in [0.2, 0.25) is 5.89 Å². The van der Waals surface area contributed by atoms with Crippen LogP contribution in [0.5, 0.6) is 11.5 Å². The molecule has 0 saturated heterocycles. The van der Waals surface area contributed by atoms with Crippen LogP contribution in [0.4, 0.5) is 11.5 Å². The summed E-state index contributed by atoms with van der Waals surface area (Å²) in [6.45, 7) is 4.55. The van der Waals surface area contributed by atoms with Gasteiger partial charge in [-0.15, -0.1) is 5.10 Å². The number of hydrogen-bond acceptors (Lipinski definition) is 8. The summed E-state index contributed by atoms with van der Waals surface area (Å²) in [7, 11) is 1.55. The van der Waals surface area contributed by atoms with Gasteiger partial charge in [-0.25, -0.2) is 9.67 Å². The fraction of sp³-hybridized carbons (Fsp3) is 0.217. The van der Waals surface area contributed by atoms with Crippen molar-refractivity contribution in [1.82, 2.24) is 20.0 Å². The van der Waals surface area contributed by atoms with Gasteiger partial charge in [0.15, 0.2) is 11.5 Å². The molecule has 0 saturated carbocycles. The molecule has 0 unspecified atom stereocenters. The minimum atomic E-state index is -0.473. The van der Waals surface area contributed by atoms with Crippen LogP contribution >= 0.6 is 0 Å². The zero-order valence-electron chi connectivity index (χ0n) is 18.5. The number of methoxy groups -OCH3 is 1. The maximum absolute atomic E-state index is 12.6. The molecule has 1 amide bonds. The number of amides is 1. The van der Waals surface area contributed by atoms with Crippen molar-refractivity contribution in [1.29, 1.82) is 0 Å². The third kappa shape index (κ3) is 4.79. The smallest absolute Gasteiger partial charge is 0.280 e. The highest BCUT2D eigenvalue weighted by molar-refractivity contribution is 6.05. The van der Waals surface area contributed by atoms with Crippen LogP contribution in [0, 0.1) is 6.92 Å². The van der Waals surface area contributed by atoms with Gasteiger partial charge in [-0.2, -0.15) is 0 Å². The monoisotopic (exact) mass is 448 g/mol. The van der Waals surface area contributed by atoms with Crippen molar-refractivity contribution in [3.05, 3.63) is 65.7 Å². The molecule has 0 spiro atoms. The number of aryl methyl sites for hydroxylation is 1. The highest BCUT2D eigenvalue weighted by atomic mass is 16.5. The number of nitrogens with two attached hydrogens (primary N) is 1. The van der Waals surface area contributed by atoms with Gasteiger partial charge in [0.25, 0.3) is 5.91 Å². The van der Waals surface area contributed by atoms with Crippen molar-refractivity contribution >= 4 is 17.4 Å². The molecule has 33 heavy (non-hydrogen) atoms. The van der Waals surface area contributed by atoms with Gasteiger partial charge in [-0.1, -0.05) is 11.3 Å². The molecule has 0 radical (unpaired) electrons. The molecule has 10 heteroatoms. The number of hydrogen-bond donors (Lipinski definition) is 2. The fourth-order valence-corrected chi connectivity index (χ4v) is 3.19. The first kappa shape index (κ1) is 21.9. The molecule has 0 fully saturated rings. The molecule has 2 aromatic heterocycles. The summed E-state index contributed by atoms with van der Waals surface area (Å²) in [6.07, 6.45) is 0. The van der Waals surface area contributed by atoms with E-state index in [9.17, 15) is 4.79 Å². The number of carbonyl (C=O) groups excluding carboxylic acids is 1. The highest BCUT2D eigenvalue weighted by Gasteiger charge is 2.20. The zero-order chi connectivity index (χ0) is 23.4. The molecule has 170 valence electrons. The second-order valence-electron chi connectivity index (χ2n) is 7.15. The second-order valence-corrected chi connectivity index (χ2v) is 7.15. The Kier molecular flexibility index (Phi) is 6.25. The Hall–Kier alpha value is -4.34. The van der Waals surface area contributed by atoms with Crippen LogP contribution in [0.25, 0.3) is 11.5 Å². The average Bonchev–Trinajstić information content (AvgIpc) is 3.37. The van der Waals surface area contributed by atoms with E-state index in [1.54, 1.807) is 31.4 Å². The van der Waals surface area contributed by atoms with E-state index >= 15 is 0 Å². The van der Waals surface area contributed by atoms with Gasteiger partial charge in [-0.05, 0) is 50.2 Å². The van der Waals surface area contributed by atoms with Crippen molar-refractivity contribution in [2.75, 3.05) is 24.8 Å². The number of ether oxygens (including phenoxy) is 2. The molecule has 0 aliphatic heterocycles. The van der Waals surface area contributed by atoms with Crippen LogP contribution in [0.3, 0.4) is 0 Å². The predicted molar refractivity (Wildman–Crippen MR) is 122 cm³/mol. The lowest BCUT2D eigenvalue weighted by Gasteiger charge is -2.06. The topological polar surface area (TPSA) is 130 Å². The van der Waals surface area contributed by atoms with Gasteiger partial charge in [0, 0.05) is 17.3 Å². The maximum atomic E-state index is 12.6. The van der Waals surface area contributed by atoms with Crippen molar-refractivity contribution in [3.8, 4) is 23.0 Å². The van der Waals surface area contributed by atoms with E-state index in [0.717, 1.165) is 11.3 Å². The number of rotatable bonds is 8. The summed E-state index contributed by atoms with van der Waals surface area (Å²) in [5.74, 6) is 2.14. The molecule has 10 nitrogen and oxygen atoms in total. The third-order valence-electron chi connectivity index (χ3n) is 4.92. The Morgan fingerprint density at radius 3 is 2.70 bits per heavy atom. The molecule has 3 N–H and O–H groups in total. The Balaban J connectivity index is 1.49. The minimum absolute atomic E-state index is 0.0192. The van der Waals surface area contributed by atoms with E-state index in [-0.39, 0.29) is 18.1 Å². The lowest BCUT2D eigenvalue weighted by Crippen LogP contribution is -2.15. The summed E-state index contributed by atoms with van der Waals surface area (Å²) in [6, 6.07) is 14.5. The third-order valence-corrected chi connectivity index (χ3v) is 4.92. The van der Waals surface area contributed by atoms with E-state index in [1.165, 1.54) is 4.68 Å². The van der Waals surface area contributed by atoms with Crippen molar-refractivity contribution in [3.63, 3.8) is 0 Å². The van der Waals surface area contributed by atoms with E-state index in [1.807, 2.05) is 38.1 Å². The van der Waals surface area contributed by atoms with Gasteiger partial charge < -0.3 is 24.9 Å². The number of nitrogen functional groups attached to an aromatic ring is 1. The van der Waals surface area contributed by atoms with Crippen LogP contribution in [-0.4, -0.2) is 39.6 Å². The van der Waals surface area contributed by atoms with Crippen LogP contribution < -0.4 is 20.5 Å². The second kappa shape index (κ2) is 9.43. The number of oxazole rings is 1. The van der Waals surface area contributed by atoms with Gasteiger partial charge in [-0.3, -0.25) is 4.79 Å². The summed E-state index contributed by atoms with van der Waals surface area (Å²) < 4.78 is 17.9. The summed E-state index contributed by atoms with van der Waals surface area (Å²) in [5.41, 5.74) is 8.18. The van der Waals surface area contributed by atoms with Crippen molar-refractivity contribution in [2.45, 2.75) is 20.4 Å². The number of benzene rings is 2. The Morgan fingerprint density at radius 2 is 1.97 bits per heavy atom. The van der Waals surface area contributed by atoms with E-state index in [4.69, 9.17) is 19.6 Å². The molecular weight excluding hydrogens is 424 g/mol. The van der Waals surface area contributed by atoms with Crippen LogP contribution in [0.2, 0.25) is 0 Å². The molecule has 4 aromatic rings. The largest absolute Gasteiger partial charge is 0.497 e.